The molecule has 2 aromatic carbocycles. The fourth-order valence-corrected chi connectivity index (χ4v) is 2.09. The van der Waals surface area contributed by atoms with Crippen molar-refractivity contribution >= 4 is 17.4 Å². The smallest absolute Gasteiger partial charge is 0.406 e. The van der Waals surface area contributed by atoms with Gasteiger partial charge in [0.25, 0.3) is 0 Å². The lowest BCUT2D eigenvalue weighted by Crippen LogP contribution is -2.21. The fourth-order valence-electron chi connectivity index (χ4n) is 2.09. The molecule has 0 saturated heterocycles. The highest BCUT2D eigenvalue weighted by molar-refractivity contribution is 6.00. The lowest BCUT2D eigenvalue weighted by Gasteiger charge is -2.15. The van der Waals surface area contributed by atoms with Gasteiger partial charge in [-0.05, 0) is 30.3 Å². The molecule has 29 heavy (non-hydrogen) atoms. The minimum atomic E-state index is -5.11. The van der Waals surface area contributed by atoms with Crippen LogP contribution < -0.4 is 15.4 Å². The molecule has 0 bridgehead atoms. The third-order valence-corrected chi connectivity index (χ3v) is 3.17. The fraction of sp³-hybridized carbons (Fsp3) is 0.188. The Hall–Kier alpha value is -3.12. The predicted molar refractivity (Wildman–Crippen MR) is 82.2 cm³/mol. The summed E-state index contributed by atoms with van der Waals surface area (Å²) < 4.78 is 117. The van der Waals surface area contributed by atoms with Crippen LogP contribution in [0.4, 0.5) is 55.7 Å². The molecule has 2 aromatic rings. The molecule has 0 aliphatic carbocycles. The van der Waals surface area contributed by atoms with E-state index < -0.39 is 47.3 Å². The number of carbonyl (C=O) groups is 1. The van der Waals surface area contributed by atoms with Gasteiger partial charge in [0.05, 0.1) is 11.1 Å². The van der Waals surface area contributed by atoms with Crippen LogP contribution in [0.25, 0.3) is 0 Å². The van der Waals surface area contributed by atoms with Crippen LogP contribution in [0.3, 0.4) is 0 Å². The van der Waals surface area contributed by atoms with Crippen molar-refractivity contribution in [2.45, 2.75) is 18.7 Å². The van der Waals surface area contributed by atoms with Gasteiger partial charge in [-0.15, -0.1) is 13.2 Å². The highest BCUT2D eigenvalue weighted by Gasteiger charge is 2.37. The number of benzene rings is 2. The maximum atomic E-state index is 12.8. The Bertz CT molecular complexity index is 857. The number of rotatable bonds is 3. The summed E-state index contributed by atoms with van der Waals surface area (Å²) in [6, 6.07) is 3.00. The van der Waals surface area contributed by atoms with E-state index in [0.717, 1.165) is 24.3 Å². The molecule has 0 aliphatic heterocycles. The standard InChI is InChI=1S/C16H9F9N2O2/c17-14(18,19)8-4-9(15(20,21)22)6-11(5-8)27-13(28)26-10-2-1-3-12(7-10)29-16(23,24)25/h1-7H,(H2,26,27,28). The van der Waals surface area contributed by atoms with Crippen molar-refractivity contribution in [3.05, 3.63) is 53.6 Å². The Morgan fingerprint density at radius 3 is 1.72 bits per heavy atom. The second-order valence-electron chi connectivity index (χ2n) is 5.45. The van der Waals surface area contributed by atoms with E-state index in [-0.39, 0.29) is 23.9 Å². The SMILES string of the molecule is O=C(Nc1cccc(OC(F)(F)F)c1)Nc1cc(C(F)(F)F)cc(C(F)(F)F)c1. The largest absolute Gasteiger partial charge is 0.573 e. The van der Waals surface area contributed by atoms with Crippen LogP contribution in [-0.2, 0) is 12.4 Å². The molecule has 0 heterocycles. The van der Waals surface area contributed by atoms with Crippen LogP contribution in [-0.4, -0.2) is 12.4 Å². The van der Waals surface area contributed by atoms with Crippen LogP contribution in [0, 0.1) is 0 Å². The lowest BCUT2D eigenvalue weighted by atomic mass is 10.1. The van der Waals surface area contributed by atoms with Gasteiger partial charge in [-0.2, -0.15) is 26.3 Å². The number of alkyl halides is 9. The van der Waals surface area contributed by atoms with E-state index in [9.17, 15) is 44.3 Å². The summed E-state index contributed by atoms with van der Waals surface area (Å²) in [6.07, 6.45) is -15.2. The molecule has 2 N–H and O–H groups in total. The van der Waals surface area contributed by atoms with E-state index in [2.05, 4.69) is 4.74 Å². The number of hydrogen-bond acceptors (Lipinski definition) is 2. The average molecular weight is 432 g/mol. The van der Waals surface area contributed by atoms with Gasteiger partial charge < -0.3 is 15.4 Å². The first-order valence-corrected chi connectivity index (χ1v) is 7.37. The number of anilines is 2. The van der Waals surface area contributed by atoms with E-state index in [1.54, 1.807) is 5.32 Å². The Labute approximate surface area is 156 Å². The number of nitrogens with one attached hydrogen (secondary N) is 2. The lowest BCUT2D eigenvalue weighted by molar-refractivity contribution is -0.274. The van der Waals surface area contributed by atoms with E-state index in [0.29, 0.717) is 0 Å². The molecule has 2 amide bonds. The summed E-state index contributed by atoms with van der Waals surface area (Å²) in [6.45, 7) is 0. The number of amides is 2. The average Bonchev–Trinajstić information content (AvgIpc) is 2.51. The highest BCUT2D eigenvalue weighted by Crippen LogP contribution is 2.37. The molecule has 0 radical (unpaired) electrons. The van der Waals surface area contributed by atoms with E-state index in [4.69, 9.17) is 0 Å². The number of carbonyl (C=O) groups excluding carboxylic acids is 1. The van der Waals surface area contributed by atoms with Crippen molar-refractivity contribution in [1.29, 1.82) is 0 Å². The minimum Gasteiger partial charge on any atom is -0.406 e. The van der Waals surface area contributed by atoms with Gasteiger partial charge in [-0.25, -0.2) is 4.79 Å². The van der Waals surface area contributed by atoms with Crippen molar-refractivity contribution in [3.63, 3.8) is 0 Å². The second-order valence-corrected chi connectivity index (χ2v) is 5.45. The first-order valence-electron chi connectivity index (χ1n) is 7.37. The monoisotopic (exact) mass is 432 g/mol. The summed E-state index contributed by atoms with van der Waals surface area (Å²) in [4.78, 5) is 11.9. The van der Waals surface area contributed by atoms with Gasteiger partial charge in [-0.1, -0.05) is 6.07 Å². The quantitative estimate of drug-likeness (QED) is 0.562. The number of halogens is 9. The summed E-state index contributed by atoms with van der Waals surface area (Å²) in [5.41, 5.74) is -4.38. The maximum Gasteiger partial charge on any atom is 0.573 e. The molecule has 4 nitrogen and oxygen atoms in total. The third-order valence-electron chi connectivity index (χ3n) is 3.17. The third kappa shape index (κ3) is 6.76. The van der Waals surface area contributed by atoms with Gasteiger partial charge in [0.15, 0.2) is 0 Å². The molecule has 0 fully saturated rings. The van der Waals surface area contributed by atoms with Gasteiger partial charge in [0.1, 0.15) is 5.75 Å². The number of hydrogen-bond donors (Lipinski definition) is 2. The predicted octanol–water partition coefficient (Wildman–Crippen LogP) is 6.27. The number of ether oxygens (including phenoxy) is 1. The zero-order valence-electron chi connectivity index (χ0n) is 13.8. The number of urea groups is 1. The summed E-state index contributed by atoms with van der Waals surface area (Å²) >= 11 is 0. The Balaban J connectivity index is 2.21. The van der Waals surface area contributed by atoms with Crippen LogP contribution in [0.5, 0.6) is 5.75 Å². The molecule has 2 rings (SSSR count). The molecule has 0 spiro atoms. The van der Waals surface area contributed by atoms with Crippen LogP contribution in [0.1, 0.15) is 11.1 Å². The summed E-state index contributed by atoms with van der Waals surface area (Å²) in [7, 11) is 0. The van der Waals surface area contributed by atoms with Crippen molar-refractivity contribution in [2.24, 2.45) is 0 Å². The minimum absolute atomic E-state index is 0.124. The van der Waals surface area contributed by atoms with Crippen molar-refractivity contribution in [2.75, 3.05) is 10.6 Å². The van der Waals surface area contributed by atoms with E-state index in [1.165, 1.54) is 0 Å². The van der Waals surface area contributed by atoms with Gasteiger partial charge in [0, 0.05) is 17.4 Å². The Morgan fingerprint density at radius 2 is 1.24 bits per heavy atom. The van der Waals surface area contributed by atoms with Crippen LogP contribution >= 0.6 is 0 Å². The summed E-state index contributed by atoms with van der Waals surface area (Å²) in [5, 5.41) is 3.74. The maximum absolute atomic E-state index is 12.8. The molecular formula is C16H9F9N2O2. The topological polar surface area (TPSA) is 50.4 Å². The zero-order chi connectivity index (χ0) is 22.0. The molecular weight excluding hydrogens is 423 g/mol. The zero-order valence-corrected chi connectivity index (χ0v) is 13.8. The molecule has 0 atom stereocenters. The van der Waals surface area contributed by atoms with Crippen molar-refractivity contribution in [1.82, 2.24) is 0 Å². The Morgan fingerprint density at radius 1 is 0.724 bits per heavy atom. The molecule has 158 valence electrons. The van der Waals surface area contributed by atoms with Crippen LogP contribution in [0.15, 0.2) is 42.5 Å². The second kappa shape index (κ2) is 7.72. The molecule has 13 heteroatoms. The first-order chi connectivity index (χ1) is 13.1. The van der Waals surface area contributed by atoms with Crippen molar-refractivity contribution < 1.29 is 49.0 Å². The van der Waals surface area contributed by atoms with E-state index in [1.807, 2.05) is 5.32 Å². The molecule has 0 aromatic heterocycles. The van der Waals surface area contributed by atoms with Gasteiger partial charge in [-0.3, -0.25) is 0 Å². The molecule has 0 aliphatic rings. The van der Waals surface area contributed by atoms with Gasteiger partial charge >= 0.3 is 24.7 Å². The molecule has 0 saturated carbocycles. The van der Waals surface area contributed by atoms with Crippen LogP contribution in [0.2, 0.25) is 0 Å². The van der Waals surface area contributed by atoms with E-state index >= 15 is 0 Å². The highest BCUT2D eigenvalue weighted by atomic mass is 19.4. The molecule has 0 unspecified atom stereocenters. The summed E-state index contributed by atoms with van der Waals surface area (Å²) in [5.74, 6) is -0.700. The Kier molecular flexibility index (Phi) is 5.90. The van der Waals surface area contributed by atoms with Gasteiger partial charge in [0.2, 0.25) is 0 Å². The normalized spacial score (nSPS) is 12.4. The van der Waals surface area contributed by atoms with Crippen molar-refractivity contribution in [3.8, 4) is 5.75 Å². The first kappa shape index (κ1) is 22.2.